The van der Waals surface area contributed by atoms with Crippen molar-refractivity contribution in [1.29, 1.82) is 0 Å². The van der Waals surface area contributed by atoms with Crippen LogP contribution in [0, 0.1) is 5.92 Å². The van der Waals surface area contributed by atoms with Gasteiger partial charge in [0.05, 0.1) is 5.69 Å². The number of benzene rings is 1. The smallest absolute Gasteiger partial charge is 0.247 e. The first-order chi connectivity index (χ1) is 13.9. The molecular formula is C23H28N2O4. The first kappa shape index (κ1) is 18.7. The fourth-order valence-corrected chi connectivity index (χ4v) is 6.29. The first-order valence-corrected chi connectivity index (χ1v) is 10.5. The lowest BCUT2D eigenvalue weighted by atomic mass is 9.53. The van der Waals surface area contributed by atoms with Gasteiger partial charge in [-0.25, -0.2) is 0 Å². The first-order valence-electron chi connectivity index (χ1n) is 10.5. The molecule has 3 N–H and O–H groups in total. The molecule has 154 valence electrons. The summed E-state index contributed by atoms with van der Waals surface area (Å²) < 4.78 is 6.30. The minimum atomic E-state index is -0.714. The molecule has 1 aromatic carbocycles. The molecule has 1 saturated heterocycles. The standard InChI is InChI=1S/C23H28N2O4/c1-4-6-12-13-11-15-14-7-8-16(26)22-23(14,9-10-25(15)3)18(13)21(29-22)20(28)19(12)24-17(27)5-2/h5,7-8,14-16,22,26,28H,2,4,6,9-11H2,1,3H3,(H,24,27)/t14-,15+,16-,22-,23-/m0/s1. The topological polar surface area (TPSA) is 82.0 Å². The number of ether oxygens (including phenoxy) is 1. The molecule has 4 aliphatic rings. The third-order valence-electron chi connectivity index (χ3n) is 7.49. The fourth-order valence-electron chi connectivity index (χ4n) is 6.29. The number of carbonyl (C=O) groups excluding carboxylic acids is 1. The van der Waals surface area contributed by atoms with Crippen LogP contribution < -0.4 is 10.1 Å². The van der Waals surface area contributed by atoms with Crippen LogP contribution in [0.2, 0.25) is 0 Å². The van der Waals surface area contributed by atoms with Gasteiger partial charge in [0.25, 0.3) is 0 Å². The molecule has 0 unspecified atom stereocenters. The minimum absolute atomic E-state index is 0.0190. The van der Waals surface area contributed by atoms with Crippen molar-refractivity contribution in [3.05, 3.63) is 41.5 Å². The summed E-state index contributed by atoms with van der Waals surface area (Å²) >= 11 is 0. The molecular weight excluding hydrogens is 368 g/mol. The van der Waals surface area contributed by atoms with Crippen molar-refractivity contribution in [2.75, 3.05) is 18.9 Å². The van der Waals surface area contributed by atoms with Gasteiger partial charge < -0.3 is 25.2 Å². The summed E-state index contributed by atoms with van der Waals surface area (Å²) in [6.07, 6.45) is 7.46. The molecule has 29 heavy (non-hydrogen) atoms. The van der Waals surface area contributed by atoms with E-state index in [1.807, 2.05) is 6.08 Å². The van der Waals surface area contributed by atoms with Crippen LogP contribution in [0.5, 0.6) is 11.5 Å². The molecule has 1 amide bonds. The molecule has 1 fully saturated rings. The minimum Gasteiger partial charge on any atom is -0.503 e. The monoisotopic (exact) mass is 396 g/mol. The number of aromatic hydroxyl groups is 1. The number of rotatable bonds is 4. The summed E-state index contributed by atoms with van der Waals surface area (Å²) in [4.78, 5) is 14.5. The Kier molecular flexibility index (Phi) is 4.09. The summed E-state index contributed by atoms with van der Waals surface area (Å²) in [5.41, 5.74) is 3.34. The van der Waals surface area contributed by atoms with Gasteiger partial charge in [0.1, 0.15) is 12.2 Å². The van der Waals surface area contributed by atoms with E-state index in [0.717, 1.165) is 43.4 Å². The second-order valence-electron chi connectivity index (χ2n) is 8.81. The van der Waals surface area contributed by atoms with Crippen molar-refractivity contribution in [3.63, 3.8) is 0 Å². The molecule has 2 heterocycles. The van der Waals surface area contributed by atoms with Crippen molar-refractivity contribution in [3.8, 4) is 11.5 Å². The van der Waals surface area contributed by atoms with Crippen molar-refractivity contribution in [1.82, 2.24) is 4.90 Å². The fraction of sp³-hybridized carbons (Fsp3) is 0.522. The van der Waals surface area contributed by atoms with Crippen molar-refractivity contribution in [2.24, 2.45) is 5.92 Å². The van der Waals surface area contributed by atoms with Gasteiger partial charge in [-0.05, 0) is 50.1 Å². The zero-order valence-electron chi connectivity index (χ0n) is 16.9. The molecule has 0 saturated carbocycles. The maximum absolute atomic E-state index is 12.1. The van der Waals surface area contributed by atoms with Crippen LogP contribution in [0.25, 0.3) is 0 Å². The number of nitrogens with one attached hydrogen (secondary N) is 1. The lowest BCUT2D eigenvalue weighted by Crippen LogP contribution is -2.64. The number of carbonyl (C=O) groups is 1. The third kappa shape index (κ3) is 2.27. The normalized spacial score (nSPS) is 33.8. The highest BCUT2D eigenvalue weighted by atomic mass is 16.5. The van der Waals surface area contributed by atoms with E-state index in [1.165, 1.54) is 11.6 Å². The lowest BCUT2D eigenvalue weighted by Gasteiger charge is -2.56. The number of phenols is 1. The van der Waals surface area contributed by atoms with E-state index < -0.39 is 12.2 Å². The average Bonchev–Trinajstić information content (AvgIpc) is 3.06. The Morgan fingerprint density at radius 2 is 2.28 bits per heavy atom. The molecule has 2 aliphatic heterocycles. The van der Waals surface area contributed by atoms with Crippen LogP contribution in [0.1, 0.15) is 36.5 Å². The quantitative estimate of drug-likeness (QED) is 0.413. The SMILES string of the molecule is C=CC(=O)Nc1c(O)c2c3c(c1CCC)C[C@@H]1[C@@H]4C=C[C@H](O)[C@H](O2)[C@]34CCN1C. The number of likely N-dealkylation sites (N-methyl/N-ethyl adjacent to an activating group) is 1. The van der Waals surface area contributed by atoms with Gasteiger partial charge in [0, 0.05) is 22.9 Å². The Labute approximate surface area is 170 Å². The van der Waals surface area contributed by atoms with Crippen LogP contribution in [0.15, 0.2) is 24.8 Å². The Balaban J connectivity index is 1.81. The largest absolute Gasteiger partial charge is 0.503 e. The summed E-state index contributed by atoms with van der Waals surface area (Å²) in [6.45, 7) is 6.56. The van der Waals surface area contributed by atoms with Crippen LogP contribution in [-0.2, 0) is 23.1 Å². The van der Waals surface area contributed by atoms with E-state index in [4.69, 9.17) is 4.74 Å². The summed E-state index contributed by atoms with van der Waals surface area (Å²) in [5, 5.41) is 24.8. The molecule has 6 nitrogen and oxygen atoms in total. The number of piperidine rings is 1. The zero-order chi connectivity index (χ0) is 20.5. The average molecular weight is 396 g/mol. The highest BCUT2D eigenvalue weighted by Gasteiger charge is 2.64. The van der Waals surface area contributed by atoms with Crippen LogP contribution in [-0.4, -0.2) is 52.9 Å². The molecule has 1 spiro atoms. The number of aliphatic hydroxyl groups excluding tert-OH is 1. The number of nitrogens with zero attached hydrogens (tertiary/aromatic N) is 1. The number of hydrogen-bond donors (Lipinski definition) is 3. The van der Waals surface area contributed by atoms with Gasteiger partial charge in [-0.15, -0.1) is 0 Å². The Bertz CT molecular complexity index is 940. The van der Waals surface area contributed by atoms with Crippen LogP contribution >= 0.6 is 0 Å². The Hall–Kier alpha value is -2.31. The molecule has 2 aliphatic carbocycles. The molecule has 0 aromatic heterocycles. The van der Waals surface area contributed by atoms with Gasteiger partial charge in [0.2, 0.25) is 5.91 Å². The number of likely N-dealkylation sites (tertiary alicyclic amines) is 1. The van der Waals surface area contributed by atoms with E-state index in [1.54, 1.807) is 0 Å². The number of aliphatic hydroxyl groups is 1. The molecule has 1 aromatic rings. The van der Waals surface area contributed by atoms with Crippen LogP contribution in [0.4, 0.5) is 5.69 Å². The maximum Gasteiger partial charge on any atom is 0.247 e. The predicted octanol–water partition coefficient (Wildman–Crippen LogP) is 2.28. The van der Waals surface area contributed by atoms with Crippen molar-refractivity contribution in [2.45, 2.75) is 56.3 Å². The second kappa shape index (κ2) is 6.34. The van der Waals surface area contributed by atoms with E-state index in [2.05, 4.69) is 36.8 Å². The molecule has 6 heteroatoms. The van der Waals surface area contributed by atoms with Gasteiger partial charge in [-0.3, -0.25) is 4.79 Å². The zero-order valence-corrected chi connectivity index (χ0v) is 16.9. The number of anilines is 1. The molecule has 5 rings (SSSR count). The molecule has 2 bridgehead atoms. The van der Waals surface area contributed by atoms with E-state index in [0.29, 0.717) is 17.5 Å². The number of phenolic OH excluding ortho intramolecular Hbond substituents is 1. The molecule has 5 atom stereocenters. The van der Waals surface area contributed by atoms with Gasteiger partial charge in [0.15, 0.2) is 11.5 Å². The highest BCUT2D eigenvalue weighted by Crippen LogP contribution is 2.64. The third-order valence-corrected chi connectivity index (χ3v) is 7.49. The maximum atomic E-state index is 12.1. The predicted molar refractivity (Wildman–Crippen MR) is 110 cm³/mol. The van der Waals surface area contributed by atoms with Crippen molar-refractivity contribution < 1.29 is 19.7 Å². The van der Waals surface area contributed by atoms with Crippen molar-refractivity contribution >= 4 is 11.6 Å². The lowest BCUT2D eigenvalue weighted by molar-refractivity contribution is -0.111. The highest BCUT2D eigenvalue weighted by molar-refractivity contribution is 6.01. The second-order valence-corrected chi connectivity index (χ2v) is 8.81. The van der Waals surface area contributed by atoms with E-state index in [-0.39, 0.29) is 23.0 Å². The van der Waals surface area contributed by atoms with E-state index in [9.17, 15) is 15.0 Å². The summed E-state index contributed by atoms with van der Waals surface area (Å²) in [7, 11) is 2.16. The Morgan fingerprint density at radius 3 is 3.00 bits per heavy atom. The van der Waals surface area contributed by atoms with Crippen LogP contribution in [0.3, 0.4) is 0 Å². The summed E-state index contributed by atoms with van der Waals surface area (Å²) in [6, 6.07) is 0.306. The Morgan fingerprint density at radius 1 is 1.48 bits per heavy atom. The summed E-state index contributed by atoms with van der Waals surface area (Å²) in [5.74, 6) is 0.312. The number of hydrogen-bond acceptors (Lipinski definition) is 5. The van der Waals surface area contributed by atoms with Gasteiger partial charge >= 0.3 is 0 Å². The molecule has 0 radical (unpaired) electrons. The number of amides is 1. The van der Waals surface area contributed by atoms with Gasteiger partial charge in [-0.2, -0.15) is 0 Å². The van der Waals surface area contributed by atoms with E-state index >= 15 is 0 Å². The van der Waals surface area contributed by atoms with Gasteiger partial charge in [-0.1, -0.05) is 32.1 Å².